The van der Waals surface area contributed by atoms with E-state index in [4.69, 9.17) is 16.0 Å². The number of anilines is 1. The van der Waals surface area contributed by atoms with Crippen LogP contribution in [-0.4, -0.2) is 21.7 Å². The van der Waals surface area contributed by atoms with Gasteiger partial charge in [0.1, 0.15) is 16.6 Å². The van der Waals surface area contributed by atoms with Crippen molar-refractivity contribution in [3.63, 3.8) is 0 Å². The zero-order valence-corrected chi connectivity index (χ0v) is 18.9. The summed E-state index contributed by atoms with van der Waals surface area (Å²) in [6, 6.07) is 14.1. The van der Waals surface area contributed by atoms with E-state index in [9.17, 15) is 18.8 Å². The van der Waals surface area contributed by atoms with E-state index < -0.39 is 11.6 Å². The lowest BCUT2D eigenvalue weighted by Gasteiger charge is -2.05. The number of nitrogens with one attached hydrogen (secondary N) is 2. The molecule has 0 saturated carbocycles. The molecule has 0 atom stereocenters. The fraction of sp³-hybridized carbons (Fsp3) is 0.0833. The molecule has 7 nitrogen and oxygen atoms in total. The lowest BCUT2D eigenvalue weighted by molar-refractivity contribution is -0.117. The number of thiazole rings is 1. The lowest BCUT2D eigenvalue weighted by atomic mass is 10.1. The molecule has 0 aliphatic heterocycles. The fourth-order valence-corrected chi connectivity index (χ4v) is 4.72. The zero-order valence-electron chi connectivity index (χ0n) is 17.4. The van der Waals surface area contributed by atoms with Crippen molar-refractivity contribution >= 4 is 61.6 Å². The van der Waals surface area contributed by atoms with Crippen LogP contribution < -0.4 is 11.1 Å². The maximum atomic E-state index is 14.0. The number of Topliss-reactive ketones (excluding diaryl/α,β-unsaturated/α-hetero) is 1. The summed E-state index contributed by atoms with van der Waals surface area (Å²) >= 11 is 7.06. The van der Waals surface area contributed by atoms with Crippen LogP contribution in [0.4, 0.5) is 10.1 Å². The summed E-state index contributed by atoms with van der Waals surface area (Å²) in [6.45, 7) is 0. The highest BCUT2D eigenvalue weighted by molar-refractivity contribution is 7.18. The minimum Gasteiger partial charge on any atom is -0.408 e. The number of benzene rings is 3. The summed E-state index contributed by atoms with van der Waals surface area (Å²) in [6.07, 6.45) is 0.00299. The summed E-state index contributed by atoms with van der Waals surface area (Å²) in [5.74, 6) is -1.60. The smallest absolute Gasteiger partial charge is 0.408 e. The highest BCUT2D eigenvalue weighted by Gasteiger charge is 2.15. The molecular weight excluding hydrogens is 481 g/mol. The maximum Gasteiger partial charge on any atom is 0.417 e. The number of nitrogens with zero attached hydrogens (tertiary/aromatic N) is 1. The molecule has 2 heterocycles. The van der Waals surface area contributed by atoms with Gasteiger partial charge in [-0.3, -0.25) is 14.6 Å². The van der Waals surface area contributed by atoms with Gasteiger partial charge in [-0.15, -0.1) is 11.3 Å². The first-order valence-corrected chi connectivity index (χ1v) is 11.3. The van der Waals surface area contributed by atoms with E-state index in [1.54, 1.807) is 42.5 Å². The van der Waals surface area contributed by atoms with Gasteiger partial charge in [0.25, 0.3) is 5.91 Å². The molecule has 1 amide bonds. The largest absolute Gasteiger partial charge is 0.417 e. The number of aromatic amines is 1. The molecule has 0 spiro atoms. The topological polar surface area (TPSA) is 105 Å². The van der Waals surface area contributed by atoms with Crippen molar-refractivity contribution in [3.8, 4) is 0 Å². The Morgan fingerprint density at radius 1 is 1.09 bits per heavy atom. The van der Waals surface area contributed by atoms with Crippen molar-refractivity contribution in [2.75, 3.05) is 5.32 Å². The van der Waals surface area contributed by atoms with Gasteiger partial charge in [0.05, 0.1) is 22.2 Å². The minimum absolute atomic E-state index is 0.0573. The van der Waals surface area contributed by atoms with Gasteiger partial charge >= 0.3 is 5.76 Å². The molecule has 5 rings (SSSR count). The predicted octanol–water partition coefficient (Wildman–Crippen LogP) is 5.13. The summed E-state index contributed by atoms with van der Waals surface area (Å²) < 4.78 is 19.7. The van der Waals surface area contributed by atoms with E-state index in [0.29, 0.717) is 32.9 Å². The van der Waals surface area contributed by atoms with Gasteiger partial charge in [-0.2, -0.15) is 0 Å². The molecule has 0 aliphatic rings. The number of hydrogen-bond donors (Lipinski definition) is 2. The van der Waals surface area contributed by atoms with Crippen LogP contribution in [0, 0.1) is 5.82 Å². The molecule has 0 bridgehead atoms. The first kappa shape index (κ1) is 22.0. The average Bonchev–Trinajstić information content (AvgIpc) is 3.36. The van der Waals surface area contributed by atoms with Crippen LogP contribution in [0.1, 0.15) is 20.9 Å². The molecule has 5 aromatic rings. The second kappa shape index (κ2) is 8.85. The van der Waals surface area contributed by atoms with Crippen LogP contribution >= 0.6 is 22.9 Å². The fourth-order valence-electron chi connectivity index (χ4n) is 3.52. The second-order valence-electron chi connectivity index (χ2n) is 7.60. The normalized spacial score (nSPS) is 11.2. The number of H-pyrrole nitrogens is 1. The number of oxazole rings is 1. The average molecular weight is 496 g/mol. The van der Waals surface area contributed by atoms with Gasteiger partial charge in [-0.1, -0.05) is 17.7 Å². The van der Waals surface area contributed by atoms with E-state index >= 15 is 0 Å². The Kier molecular flexibility index (Phi) is 5.72. The Morgan fingerprint density at radius 3 is 2.76 bits per heavy atom. The zero-order chi connectivity index (χ0) is 23.8. The van der Waals surface area contributed by atoms with Crippen LogP contribution in [0.5, 0.6) is 0 Å². The summed E-state index contributed by atoms with van der Waals surface area (Å²) in [5, 5.41) is 3.63. The van der Waals surface area contributed by atoms with Crippen molar-refractivity contribution in [2.24, 2.45) is 0 Å². The molecule has 34 heavy (non-hydrogen) atoms. The van der Waals surface area contributed by atoms with E-state index in [2.05, 4.69) is 15.3 Å². The van der Waals surface area contributed by atoms with Crippen molar-refractivity contribution in [1.29, 1.82) is 0 Å². The van der Waals surface area contributed by atoms with Crippen molar-refractivity contribution < 1.29 is 18.4 Å². The molecule has 2 N–H and O–H groups in total. The molecular formula is C24H15ClFN3O4S. The first-order valence-electron chi connectivity index (χ1n) is 10.1. The third-order valence-electron chi connectivity index (χ3n) is 5.12. The van der Waals surface area contributed by atoms with E-state index in [1.807, 2.05) is 0 Å². The van der Waals surface area contributed by atoms with E-state index in [1.165, 1.54) is 23.5 Å². The molecule has 3 aromatic carbocycles. The van der Waals surface area contributed by atoms with Gasteiger partial charge < -0.3 is 9.73 Å². The van der Waals surface area contributed by atoms with Gasteiger partial charge in [0, 0.05) is 28.8 Å². The van der Waals surface area contributed by atoms with Gasteiger partial charge in [0.2, 0.25) is 0 Å². The molecule has 0 radical (unpaired) electrons. The van der Waals surface area contributed by atoms with Gasteiger partial charge in [-0.25, -0.2) is 14.2 Å². The number of fused-ring (bicyclic) bond motifs is 2. The highest BCUT2D eigenvalue weighted by Crippen LogP contribution is 2.25. The number of carbonyl (C=O) groups excluding carboxylic acids is 2. The Hall–Kier alpha value is -3.82. The van der Waals surface area contributed by atoms with Crippen LogP contribution in [0.15, 0.2) is 63.8 Å². The number of ketones is 1. The van der Waals surface area contributed by atoms with Crippen LogP contribution in [0.2, 0.25) is 5.02 Å². The third kappa shape index (κ3) is 4.61. The number of hydrogen-bond acceptors (Lipinski definition) is 6. The van der Waals surface area contributed by atoms with Gasteiger partial charge in [-0.05, 0) is 48.0 Å². The van der Waals surface area contributed by atoms with Crippen LogP contribution in [0.3, 0.4) is 0 Å². The Balaban J connectivity index is 1.30. The van der Waals surface area contributed by atoms with Crippen LogP contribution in [-0.2, 0) is 17.6 Å². The van der Waals surface area contributed by atoms with Crippen LogP contribution in [0.25, 0.3) is 21.3 Å². The predicted molar refractivity (Wildman–Crippen MR) is 128 cm³/mol. The first-order chi connectivity index (χ1) is 16.3. The monoisotopic (exact) mass is 495 g/mol. The number of carbonyl (C=O) groups is 2. The molecule has 170 valence electrons. The Bertz CT molecular complexity index is 1640. The molecule has 0 saturated heterocycles. The number of rotatable bonds is 6. The quantitative estimate of drug-likeness (QED) is 0.340. The standard InChI is InChI=1S/C24H15ClFN3O4S/c25-14-3-1-12(17(26)9-14)7-16(30)11-22-28-19-5-2-13(8-21(19)34-22)23(31)27-15-4-6-18-20(10-15)33-24(32)29-18/h1-6,8-10H,7,11H2,(H,27,31)(H,29,32). The Labute approximate surface area is 200 Å². The van der Waals surface area contributed by atoms with Crippen molar-refractivity contribution in [3.05, 3.63) is 92.1 Å². The van der Waals surface area contributed by atoms with E-state index in [-0.39, 0.29) is 35.1 Å². The maximum absolute atomic E-state index is 14.0. The summed E-state index contributed by atoms with van der Waals surface area (Å²) in [4.78, 5) is 43.5. The molecule has 0 aliphatic carbocycles. The van der Waals surface area contributed by atoms with Gasteiger partial charge in [0.15, 0.2) is 5.58 Å². The third-order valence-corrected chi connectivity index (χ3v) is 6.38. The number of halogens is 2. The molecule has 0 unspecified atom stereocenters. The minimum atomic E-state index is -0.568. The van der Waals surface area contributed by atoms with Crippen molar-refractivity contribution in [2.45, 2.75) is 12.8 Å². The van der Waals surface area contributed by atoms with Crippen molar-refractivity contribution in [1.82, 2.24) is 9.97 Å². The molecule has 0 fully saturated rings. The second-order valence-corrected chi connectivity index (χ2v) is 9.15. The molecule has 10 heteroatoms. The highest BCUT2D eigenvalue weighted by atomic mass is 35.5. The summed E-state index contributed by atoms with van der Waals surface area (Å²) in [7, 11) is 0. The number of aromatic nitrogens is 2. The SMILES string of the molecule is O=C(Cc1nc2ccc(C(=O)Nc3ccc4[nH]c(=O)oc4c3)cc2s1)Cc1ccc(Cl)cc1F. The van der Waals surface area contributed by atoms with E-state index in [0.717, 1.165) is 4.70 Å². The lowest BCUT2D eigenvalue weighted by Crippen LogP contribution is -2.11. The number of amides is 1. The Morgan fingerprint density at radius 2 is 1.94 bits per heavy atom. The summed E-state index contributed by atoms with van der Waals surface area (Å²) in [5.41, 5.74) is 2.71. The molecule has 2 aromatic heterocycles.